The van der Waals surface area contributed by atoms with Crippen LogP contribution in [0.2, 0.25) is 5.02 Å². The molecule has 234 valence electrons. The van der Waals surface area contributed by atoms with E-state index in [9.17, 15) is 4.79 Å². The van der Waals surface area contributed by atoms with Crippen LogP contribution in [0.5, 0.6) is 6.01 Å². The third kappa shape index (κ3) is 5.01. The second kappa shape index (κ2) is 11.2. The van der Waals surface area contributed by atoms with E-state index in [1.807, 2.05) is 30.3 Å². The number of hydrogen-bond donors (Lipinski definition) is 2. The van der Waals surface area contributed by atoms with Crippen LogP contribution in [-0.2, 0) is 4.74 Å². The summed E-state index contributed by atoms with van der Waals surface area (Å²) in [6.45, 7) is 3.40. The van der Waals surface area contributed by atoms with Crippen LogP contribution in [0.15, 0.2) is 42.6 Å². The molecule has 12 heteroatoms. The molecule has 4 atom stereocenters. The number of carbonyl (C=O) groups excluding carboxylic acids is 1. The van der Waals surface area contributed by atoms with Crippen LogP contribution in [0.25, 0.3) is 32.9 Å². The fourth-order valence-corrected chi connectivity index (χ4v) is 8.22. The molecule has 4 saturated heterocycles. The fourth-order valence-electron chi connectivity index (χ4n) is 7.93. The van der Waals surface area contributed by atoms with E-state index in [4.69, 9.17) is 26.1 Å². The van der Waals surface area contributed by atoms with Crippen molar-refractivity contribution in [2.45, 2.75) is 55.8 Å². The Kier molecular flexibility index (Phi) is 7.15. The smallest absolute Gasteiger partial charge is 0.407 e. The molecule has 8 rings (SSSR count). The number of halogens is 2. The van der Waals surface area contributed by atoms with E-state index in [0.29, 0.717) is 53.4 Å². The first-order valence-corrected chi connectivity index (χ1v) is 16.1. The van der Waals surface area contributed by atoms with Crippen molar-refractivity contribution in [2.75, 3.05) is 44.7 Å². The van der Waals surface area contributed by atoms with E-state index in [0.717, 1.165) is 56.1 Å². The maximum absolute atomic E-state index is 16.7. The highest BCUT2D eigenvalue weighted by Crippen LogP contribution is 2.41. The lowest BCUT2D eigenvalue weighted by molar-refractivity contribution is 0.0978. The van der Waals surface area contributed by atoms with Crippen molar-refractivity contribution in [1.82, 2.24) is 30.5 Å². The summed E-state index contributed by atoms with van der Waals surface area (Å²) in [7, 11) is 1.56. The summed E-state index contributed by atoms with van der Waals surface area (Å²) >= 11 is 6.62. The Bertz CT molecular complexity index is 1790. The number of nitrogens with one attached hydrogen (secondary N) is 2. The number of ether oxygens (including phenoxy) is 2. The van der Waals surface area contributed by atoms with Gasteiger partial charge in [-0.15, -0.1) is 0 Å². The Labute approximate surface area is 265 Å². The van der Waals surface area contributed by atoms with Gasteiger partial charge in [-0.2, -0.15) is 9.97 Å². The van der Waals surface area contributed by atoms with E-state index in [2.05, 4.69) is 30.4 Å². The number of benzene rings is 2. The maximum atomic E-state index is 16.7. The largest absolute Gasteiger partial charge is 0.461 e. The molecule has 4 aromatic rings. The van der Waals surface area contributed by atoms with Gasteiger partial charge in [0.15, 0.2) is 5.82 Å². The van der Waals surface area contributed by atoms with Crippen molar-refractivity contribution < 1.29 is 18.7 Å². The average Bonchev–Trinajstić information content (AvgIpc) is 3.70. The van der Waals surface area contributed by atoms with E-state index < -0.39 is 11.9 Å². The Morgan fingerprint density at radius 1 is 1.16 bits per heavy atom. The Morgan fingerprint density at radius 2 is 1.96 bits per heavy atom. The number of aromatic nitrogens is 3. The number of amides is 1. The van der Waals surface area contributed by atoms with E-state index in [-0.39, 0.29) is 28.9 Å². The molecule has 2 N–H and O–H groups in total. The summed E-state index contributed by atoms with van der Waals surface area (Å²) in [6, 6.07) is 12.1. The van der Waals surface area contributed by atoms with Gasteiger partial charge in [-0.1, -0.05) is 41.9 Å². The molecule has 2 aromatic heterocycles. The number of nitrogens with zero attached hydrogens (tertiary/aromatic N) is 5. The van der Waals surface area contributed by atoms with Crippen molar-refractivity contribution in [2.24, 2.45) is 0 Å². The third-order valence-corrected chi connectivity index (χ3v) is 10.3. The zero-order valence-electron chi connectivity index (χ0n) is 25.1. The van der Waals surface area contributed by atoms with Gasteiger partial charge >= 0.3 is 12.1 Å². The Hall–Kier alpha value is -3.80. The lowest BCUT2D eigenvalue weighted by Gasteiger charge is -2.34. The second-order valence-corrected chi connectivity index (χ2v) is 13.2. The van der Waals surface area contributed by atoms with E-state index in [1.165, 1.54) is 0 Å². The van der Waals surface area contributed by atoms with Crippen LogP contribution in [-0.4, -0.2) is 89.5 Å². The number of rotatable bonds is 6. The summed E-state index contributed by atoms with van der Waals surface area (Å²) in [5, 5.41) is 8.93. The Balaban J connectivity index is 1.19. The molecule has 10 nitrogen and oxygen atoms in total. The minimum atomic E-state index is -0.535. The standard InChI is InChI=1S/C33H35ClFN7O3/c1-36-32(43)45-22-13-33(11-4-12-42(33)17-22)18-44-31-39-29-24(30(40-31)41-15-20-9-10-21(16-41)38-20)14-37-28(27(29)35)23-7-2-5-19-6-3-8-25(34)26(19)23/h2-3,5-8,14,20-22,38H,4,9-13,15-18H2,1H3,(H,36,43)/t20?,21?,22-,33?/m0/s1. The van der Waals surface area contributed by atoms with Crippen molar-refractivity contribution in [3.63, 3.8) is 0 Å². The van der Waals surface area contributed by atoms with Gasteiger partial charge in [0.2, 0.25) is 0 Å². The summed E-state index contributed by atoms with van der Waals surface area (Å²) < 4.78 is 28.7. The summed E-state index contributed by atoms with van der Waals surface area (Å²) in [6.07, 6.45) is 5.82. The number of carbonyl (C=O) groups is 1. The molecule has 2 bridgehead atoms. The molecule has 6 heterocycles. The lowest BCUT2D eigenvalue weighted by Crippen LogP contribution is -2.51. The monoisotopic (exact) mass is 631 g/mol. The first kappa shape index (κ1) is 28.7. The van der Waals surface area contributed by atoms with Crippen LogP contribution < -0.4 is 20.3 Å². The molecular weight excluding hydrogens is 597 g/mol. The van der Waals surface area contributed by atoms with Crippen LogP contribution in [0.3, 0.4) is 0 Å². The number of hydrogen-bond acceptors (Lipinski definition) is 9. The molecule has 2 aromatic carbocycles. The van der Waals surface area contributed by atoms with Gasteiger partial charge in [0.25, 0.3) is 0 Å². The molecule has 45 heavy (non-hydrogen) atoms. The summed E-state index contributed by atoms with van der Waals surface area (Å²) in [5.74, 6) is 0.0995. The van der Waals surface area contributed by atoms with Gasteiger partial charge in [-0.3, -0.25) is 9.88 Å². The van der Waals surface area contributed by atoms with Crippen LogP contribution >= 0.6 is 11.6 Å². The molecule has 0 radical (unpaired) electrons. The van der Waals surface area contributed by atoms with E-state index in [1.54, 1.807) is 19.3 Å². The van der Waals surface area contributed by atoms with Gasteiger partial charge in [0.1, 0.15) is 29.7 Å². The zero-order valence-corrected chi connectivity index (χ0v) is 25.8. The number of anilines is 1. The van der Waals surface area contributed by atoms with Crippen molar-refractivity contribution in [3.8, 4) is 17.3 Å². The summed E-state index contributed by atoms with van der Waals surface area (Å²) in [5.41, 5.74) is 0.659. The predicted octanol–water partition coefficient (Wildman–Crippen LogP) is 4.92. The van der Waals surface area contributed by atoms with Crippen LogP contribution in [0.1, 0.15) is 32.1 Å². The highest BCUT2D eigenvalue weighted by Gasteiger charge is 2.50. The van der Waals surface area contributed by atoms with Gasteiger partial charge in [0.05, 0.1) is 10.9 Å². The highest BCUT2D eigenvalue weighted by molar-refractivity contribution is 6.36. The van der Waals surface area contributed by atoms with E-state index >= 15 is 4.39 Å². The molecule has 0 spiro atoms. The maximum Gasteiger partial charge on any atom is 0.407 e. The van der Waals surface area contributed by atoms with Gasteiger partial charge in [-0.25, -0.2) is 9.18 Å². The lowest BCUT2D eigenvalue weighted by atomic mass is 9.94. The van der Waals surface area contributed by atoms with Gasteiger partial charge in [0, 0.05) is 67.4 Å². The first-order valence-electron chi connectivity index (χ1n) is 15.7. The van der Waals surface area contributed by atoms with Gasteiger partial charge in [-0.05, 0) is 43.7 Å². The minimum absolute atomic E-state index is 0.132. The molecule has 1 amide bonds. The average molecular weight is 632 g/mol. The molecule has 3 unspecified atom stereocenters. The fraction of sp³-hybridized carbons (Fsp3) is 0.455. The second-order valence-electron chi connectivity index (χ2n) is 12.7. The molecule has 4 fully saturated rings. The van der Waals surface area contributed by atoms with Gasteiger partial charge < -0.3 is 25.0 Å². The zero-order chi connectivity index (χ0) is 30.7. The highest BCUT2D eigenvalue weighted by atomic mass is 35.5. The molecule has 0 aliphatic carbocycles. The first-order chi connectivity index (χ1) is 21.9. The minimum Gasteiger partial charge on any atom is -0.461 e. The number of piperazine rings is 1. The van der Waals surface area contributed by atoms with Crippen molar-refractivity contribution in [1.29, 1.82) is 0 Å². The number of pyridine rings is 1. The predicted molar refractivity (Wildman–Crippen MR) is 170 cm³/mol. The Morgan fingerprint density at radius 3 is 2.76 bits per heavy atom. The normalized spacial score (nSPS) is 26.0. The van der Waals surface area contributed by atoms with Crippen molar-refractivity contribution in [3.05, 3.63) is 53.4 Å². The number of fused-ring (bicyclic) bond motifs is 5. The summed E-state index contributed by atoms with van der Waals surface area (Å²) in [4.78, 5) is 30.7. The molecule has 0 saturated carbocycles. The quantitative estimate of drug-likeness (QED) is 0.307. The molecule has 4 aliphatic heterocycles. The SMILES string of the molecule is CNC(=O)O[C@@H]1CN2CCCC2(COc2nc(N3CC4CCC(C3)N4)c3cnc(-c4cccc5cccc(Cl)c45)c(F)c3n2)C1. The molecule has 4 aliphatic rings. The van der Waals surface area contributed by atoms with Crippen LogP contribution in [0, 0.1) is 5.82 Å². The third-order valence-electron chi connectivity index (χ3n) is 9.99. The van der Waals surface area contributed by atoms with Crippen molar-refractivity contribution >= 4 is 45.2 Å². The molecular formula is C33H35ClFN7O3. The number of alkyl carbamates (subject to hydrolysis) is 1. The van der Waals surface area contributed by atoms with Crippen LogP contribution in [0.4, 0.5) is 15.0 Å². The topological polar surface area (TPSA) is 105 Å².